The minimum atomic E-state index is -0.144. The number of halogens is 2. The fraction of sp³-hybridized carbons (Fsp3) is 0.514. The lowest BCUT2D eigenvalue weighted by Gasteiger charge is -2.35. The predicted octanol–water partition coefficient (Wildman–Crippen LogP) is 5.45. The van der Waals surface area contributed by atoms with Gasteiger partial charge < -0.3 is 23.8 Å². The van der Waals surface area contributed by atoms with Crippen molar-refractivity contribution in [2.75, 3.05) is 71.0 Å². The number of likely N-dealkylation sites (tertiary alicyclic amines) is 1. The van der Waals surface area contributed by atoms with Crippen LogP contribution in [-0.4, -0.2) is 104 Å². The molecule has 3 aromatic rings. The summed E-state index contributed by atoms with van der Waals surface area (Å²) in [7, 11) is 1.88. The molecule has 2 aromatic heterocycles. The minimum absolute atomic E-state index is 0.0304. The smallest absolute Gasteiger partial charge is 0.307 e. The van der Waals surface area contributed by atoms with Crippen LogP contribution in [0.1, 0.15) is 31.7 Å². The van der Waals surface area contributed by atoms with Gasteiger partial charge in [0.05, 0.1) is 31.5 Å². The number of carbonyl (C=O) groups is 1. The summed E-state index contributed by atoms with van der Waals surface area (Å²) < 4.78 is 22.7. The first-order valence-electron chi connectivity index (χ1n) is 16.8. The van der Waals surface area contributed by atoms with Crippen LogP contribution in [0.25, 0.3) is 11.3 Å². The van der Waals surface area contributed by atoms with E-state index in [4.69, 9.17) is 52.1 Å². The highest BCUT2D eigenvalue weighted by molar-refractivity contribution is 6.35. The van der Waals surface area contributed by atoms with Crippen LogP contribution in [0.5, 0.6) is 11.6 Å². The van der Waals surface area contributed by atoms with E-state index in [9.17, 15) is 4.79 Å². The van der Waals surface area contributed by atoms with Gasteiger partial charge in [0.25, 0.3) is 0 Å². The number of hydrogen-bond donors (Lipinski definition) is 1. The topological polar surface area (TPSA) is 105 Å². The summed E-state index contributed by atoms with van der Waals surface area (Å²) in [4.78, 5) is 28.3. The monoisotopic (exact) mass is 698 g/mol. The second-order valence-electron chi connectivity index (χ2n) is 12.5. The number of epoxide rings is 1. The number of rotatable bonds is 14. The van der Waals surface area contributed by atoms with Crippen molar-refractivity contribution in [3.05, 3.63) is 64.3 Å². The average Bonchev–Trinajstić information content (AvgIpc) is 3.86. The lowest BCUT2D eigenvalue weighted by molar-refractivity contribution is -0.143. The zero-order valence-electron chi connectivity index (χ0n) is 27.6. The molecule has 0 radical (unpaired) electrons. The molecule has 3 aliphatic rings. The Morgan fingerprint density at radius 3 is 2.44 bits per heavy atom. The number of nitrogens with zero attached hydrogens (tertiary/aromatic N) is 5. The third-order valence-electron chi connectivity index (χ3n) is 8.94. The molecule has 0 bridgehead atoms. The van der Waals surface area contributed by atoms with Crippen LogP contribution in [0.15, 0.2) is 48.7 Å². The summed E-state index contributed by atoms with van der Waals surface area (Å²) in [5, 5.41) is 4.18. The van der Waals surface area contributed by atoms with E-state index in [0.717, 1.165) is 87.9 Å². The van der Waals surface area contributed by atoms with Gasteiger partial charge in [-0.2, -0.15) is 0 Å². The van der Waals surface area contributed by atoms with Crippen molar-refractivity contribution >= 4 is 35.0 Å². The van der Waals surface area contributed by atoms with Gasteiger partial charge >= 0.3 is 5.97 Å². The summed E-state index contributed by atoms with van der Waals surface area (Å²) in [5.41, 5.74) is 2.66. The van der Waals surface area contributed by atoms with E-state index in [1.165, 1.54) is 0 Å². The second kappa shape index (κ2) is 16.6. The molecule has 3 aliphatic heterocycles. The third-order valence-corrected chi connectivity index (χ3v) is 9.38. The van der Waals surface area contributed by atoms with E-state index in [0.29, 0.717) is 47.2 Å². The molecular formula is C35H44Cl2N6O5. The molecule has 258 valence electrons. The number of aromatic nitrogens is 2. The standard InChI is InChI=1S/C35H44Cl2N6O5/c1-3-45-33(44)8-11-41-12-14-43(15-13-41)31-5-4-29(21-39-31)47-32-17-25(16-30(40-32)26-18-27(36)20-28(37)19-26)22-42-9-6-24(7-10-42)23-46-35-34(38-2)48-35/h4-5,16-21,24,34-35,38H,3,6-15,22-23H2,1-2H3. The number of ether oxygens (including phenoxy) is 4. The van der Waals surface area contributed by atoms with Crippen molar-refractivity contribution in [3.63, 3.8) is 0 Å². The fourth-order valence-corrected chi connectivity index (χ4v) is 6.73. The Morgan fingerprint density at radius 2 is 1.77 bits per heavy atom. The molecule has 0 aliphatic carbocycles. The highest BCUT2D eigenvalue weighted by Gasteiger charge is 2.39. The molecule has 48 heavy (non-hydrogen) atoms. The Hall–Kier alpha value is -3.03. The number of piperazine rings is 1. The number of nitrogens with one attached hydrogen (secondary N) is 1. The molecule has 1 N–H and O–H groups in total. The molecule has 3 fully saturated rings. The molecule has 13 heteroatoms. The van der Waals surface area contributed by atoms with Crippen LogP contribution in [0.4, 0.5) is 5.82 Å². The van der Waals surface area contributed by atoms with Gasteiger partial charge in [-0.05, 0) is 87.8 Å². The van der Waals surface area contributed by atoms with E-state index in [1.54, 1.807) is 12.3 Å². The lowest BCUT2D eigenvalue weighted by atomic mass is 9.97. The Balaban J connectivity index is 1.08. The van der Waals surface area contributed by atoms with Gasteiger partial charge in [0.2, 0.25) is 5.88 Å². The molecule has 11 nitrogen and oxygen atoms in total. The van der Waals surface area contributed by atoms with Gasteiger partial charge in [-0.25, -0.2) is 9.97 Å². The maximum atomic E-state index is 11.7. The largest absolute Gasteiger partial charge is 0.466 e. The maximum Gasteiger partial charge on any atom is 0.307 e. The average molecular weight is 700 g/mol. The normalized spacial score (nSPS) is 20.5. The molecule has 3 saturated heterocycles. The van der Waals surface area contributed by atoms with E-state index in [1.807, 2.05) is 44.3 Å². The zero-order valence-corrected chi connectivity index (χ0v) is 29.1. The van der Waals surface area contributed by atoms with Crippen molar-refractivity contribution in [1.29, 1.82) is 0 Å². The third kappa shape index (κ3) is 9.78. The predicted molar refractivity (Wildman–Crippen MR) is 186 cm³/mol. The quantitative estimate of drug-likeness (QED) is 0.172. The van der Waals surface area contributed by atoms with Crippen molar-refractivity contribution in [3.8, 4) is 22.9 Å². The molecule has 6 rings (SSSR count). The molecule has 0 spiro atoms. The molecule has 1 aromatic carbocycles. The van der Waals surface area contributed by atoms with Gasteiger partial charge in [-0.3, -0.25) is 19.9 Å². The Morgan fingerprint density at radius 1 is 1.00 bits per heavy atom. The van der Waals surface area contributed by atoms with Crippen LogP contribution in [0.2, 0.25) is 10.0 Å². The molecule has 0 saturated carbocycles. The summed E-state index contributed by atoms with van der Waals surface area (Å²) in [5.74, 6) is 2.36. The van der Waals surface area contributed by atoms with Crippen molar-refractivity contribution in [1.82, 2.24) is 25.1 Å². The van der Waals surface area contributed by atoms with Gasteiger partial charge in [-0.1, -0.05) is 23.2 Å². The van der Waals surface area contributed by atoms with Crippen LogP contribution < -0.4 is 15.0 Å². The number of likely N-dealkylation sites (N-methyl/N-ethyl adjacent to an activating group) is 1. The highest BCUT2D eigenvalue weighted by atomic mass is 35.5. The number of anilines is 1. The molecule has 2 unspecified atom stereocenters. The second-order valence-corrected chi connectivity index (χ2v) is 13.3. The number of benzene rings is 1. The summed E-state index contributed by atoms with van der Waals surface area (Å²) >= 11 is 12.7. The maximum absolute atomic E-state index is 11.7. The first-order chi connectivity index (χ1) is 23.3. The van der Waals surface area contributed by atoms with E-state index in [2.05, 4.69) is 26.1 Å². The van der Waals surface area contributed by atoms with Crippen LogP contribution in [-0.2, 0) is 25.5 Å². The van der Waals surface area contributed by atoms with Gasteiger partial charge in [0, 0.05) is 60.9 Å². The van der Waals surface area contributed by atoms with Gasteiger partial charge in [0.1, 0.15) is 11.6 Å². The number of hydrogen-bond acceptors (Lipinski definition) is 11. The highest BCUT2D eigenvalue weighted by Crippen LogP contribution is 2.31. The molecular weight excluding hydrogens is 655 g/mol. The Kier molecular flexibility index (Phi) is 12.0. The number of piperidine rings is 1. The van der Waals surface area contributed by atoms with E-state index in [-0.39, 0.29) is 18.5 Å². The summed E-state index contributed by atoms with van der Waals surface area (Å²) in [6.45, 7) is 9.82. The van der Waals surface area contributed by atoms with Crippen molar-refractivity contribution < 1.29 is 23.7 Å². The Bertz CT molecular complexity index is 1500. The van der Waals surface area contributed by atoms with E-state index < -0.39 is 0 Å². The fourth-order valence-electron chi connectivity index (χ4n) is 6.21. The molecule has 2 atom stereocenters. The Labute approximate surface area is 292 Å². The zero-order chi connectivity index (χ0) is 33.5. The van der Waals surface area contributed by atoms with Crippen LogP contribution in [0, 0.1) is 5.92 Å². The molecule has 0 amide bonds. The number of pyridine rings is 2. The minimum Gasteiger partial charge on any atom is -0.466 e. The van der Waals surface area contributed by atoms with Crippen LogP contribution in [0.3, 0.4) is 0 Å². The van der Waals surface area contributed by atoms with E-state index >= 15 is 0 Å². The summed E-state index contributed by atoms with van der Waals surface area (Å²) in [6.07, 6.45) is 4.22. The lowest BCUT2D eigenvalue weighted by Crippen LogP contribution is -2.47. The van der Waals surface area contributed by atoms with Gasteiger partial charge in [0.15, 0.2) is 12.5 Å². The van der Waals surface area contributed by atoms with Crippen molar-refractivity contribution in [2.45, 2.75) is 45.2 Å². The first-order valence-corrected chi connectivity index (χ1v) is 17.5. The van der Waals surface area contributed by atoms with Crippen LogP contribution >= 0.6 is 23.2 Å². The first kappa shape index (κ1) is 34.8. The SMILES string of the molecule is CCOC(=O)CCN1CCN(c2ccc(Oc3cc(CN4CCC(COC5OC5NC)CC4)cc(-c4cc(Cl)cc(Cl)c4)n3)cn2)CC1. The summed E-state index contributed by atoms with van der Waals surface area (Å²) in [6, 6.07) is 13.4. The van der Waals surface area contributed by atoms with Crippen molar-refractivity contribution in [2.24, 2.45) is 5.92 Å². The molecule has 5 heterocycles. The number of esters is 1. The van der Waals surface area contributed by atoms with Gasteiger partial charge in [-0.15, -0.1) is 0 Å². The number of carbonyl (C=O) groups excluding carboxylic acids is 1.